The first kappa shape index (κ1) is 14.8. The van der Waals surface area contributed by atoms with Crippen molar-refractivity contribution in [2.45, 2.75) is 64.4 Å². The normalized spacial score (nSPS) is 40.9. The molecule has 2 nitrogen and oxygen atoms in total. The van der Waals surface area contributed by atoms with Crippen LogP contribution in [0.1, 0.15) is 58.3 Å². The molecule has 3 aliphatic rings. The Morgan fingerprint density at radius 2 is 2.05 bits per heavy atom. The highest BCUT2D eigenvalue weighted by Crippen LogP contribution is 2.52. The number of aliphatic hydroxyl groups excluding tert-OH is 1. The second-order valence-electron chi connectivity index (χ2n) is 7.22. The standard InChI is InChI=1S/C19H26O2/c1-13-5-8-16(20)12-15(13)7-6-14-4-3-11-19(2)17(14)9-10-18(19)21/h6-7,16-17,20H,1,3-5,8-12H2,2H3/b14-6+,15-7+/t16-,17?,19+/m1/s1. The van der Waals surface area contributed by atoms with Crippen LogP contribution < -0.4 is 0 Å². The predicted molar refractivity (Wildman–Crippen MR) is 84.9 cm³/mol. The minimum absolute atomic E-state index is 0.105. The zero-order chi connectivity index (χ0) is 15.0. The average molecular weight is 286 g/mol. The fraction of sp³-hybridized carbons (Fsp3) is 0.632. The summed E-state index contributed by atoms with van der Waals surface area (Å²) in [5.41, 5.74) is 3.69. The number of allylic oxidation sites excluding steroid dienone is 4. The van der Waals surface area contributed by atoms with E-state index < -0.39 is 0 Å². The van der Waals surface area contributed by atoms with Crippen molar-refractivity contribution in [1.29, 1.82) is 0 Å². The molecule has 0 aromatic rings. The maximum absolute atomic E-state index is 12.2. The van der Waals surface area contributed by atoms with Crippen LogP contribution in [0.4, 0.5) is 0 Å². The molecule has 0 aromatic heterocycles. The smallest absolute Gasteiger partial charge is 0.139 e. The van der Waals surface area contributed by atoms with Crippen molar-refractivity contribution < 1.29 is 9.90 Å². The number of carbonyl (C=O) groups excluding carboxylic acids is 1. The quantitative estimate of drug-likeness (QED) is 0.787. The Kier molecular flexibility index (Phi) is 3.92. The molecule has 0 amide bonds. The summed E-state index contributed by atoms with van der Waals surface area (Å²) in [4.78, 5) is 12.2. The van der Waals surface area contributed by atoms with Crippen LogP contribution in [0.15, 0.2) is 35.5 Å². The molecule has 0 heterocycles. The molecule has 0 bridgehead atoms. The van der Waals surface area contributed by atoms with Crippen molar-refractivity contribution in [3.8, 4) is 0 Å². The molecule has 1 N–H and O–H groups in total. The van der Waals surface area contributed by atoms with Gasteiger partial charge in [0.2, 0.25) is 0 Å². The number of hydrogen-bond donors (Lipinski definition) is 1. The molecular weight excluding hydrogens is 260 g/mol. The first-order valence-electron chi connectivity index (χ1n) is 8.30. The molecule has 0 radical (unpaired) electrons. The van der Waals surface area contributed by atoms with Gasteiger partial charge in [-0.2, -0.15) is 0 Å². The van der Waals surface area contributed by atoms with Gasteiger partial charge in [-0.1, -0.05) is 36.8 Å². The lowest BCUT2D eigenvalue weighted by Crippen LogP contribution is -2.33. The lowest BCUT2D eigenvalue weighted by Gasteiger charge is -2.36. The van der Waals surface area contributed by atoms with E-state index in [0.29, 0.717) is 11.7 Å². The number of aliphatic hydroxyl groups is 1. The summed E-state index contributed by atoms with van der Waals surface area (Å²) in [6.45, 7) is 6.29. The summed E-state index contributed by atoms with van der Waals surface area (Å²) >= 11 is 0. The molecule has 3 fully saturated rings. The number of fused-ring (bicyclic) bond motifs is 1. The first-order valence-corrected chi connectivity index (χ1v) is 8.30. The van der Waals surface area contributed by atoms with Crippen molar-refractivity contribution in [3.05, 3.63) is 35.5 Å². The van der Waals surface area contributed by atoms with Gasteiger partial charge >= 0.3 is 0 Å². The van der Waals surface area contributed by atoms with Gasteiger partial charge in [0.15, 0.2) is 0 Å². The van der Waals surface area contributed by atoms with E-state index in [0.717, 1.165) is 51.4 Å². The zero-order valence-corrected chi connectivity index (χ0v) is 13.0. The number of hydrogen-bond acceptors (Lipinski definition) is 2. The Hall–Kier alpha value is -1.15. The van der Waals surface area contributed by atoms with Gasteiger partial charge < -0.3 is 5.11 Å². The lowest BCUT2D eigenvalue weighted by atomic mass is 9.66. The Labute approximate surface area is 127 Å². The topological polar surface area (TPSA) is 37.3 Å². The predicted octanol–water partition coefficient (Wildman–Crippen LogP) is 4.11. The summed E-state index contributed by atoms with van der Waals surface area (Å²) in [6.07, 6.45) is 11.7. The largest absolute Gasteiger partial charge is 0.393 e. The molecule has 3 aliphatic carbocycles. The highest BCUT2D eigenvalue weighted by Gasteiger charge is 2.48. The monoisotopic (exact) mass is 286 g/mol. The summed E-state index contributed by atoms with van der Waals surface area (Å²) in [7, 11) is 0. The fourth-order valence-electron chi connectivity index (χ4n) is 4.41. The van der Waals surface area contributed by atoms with Crippen LogP contribution in [0, 0.1) is 11.3 Å². The molecule has 3 atom stereocenters. The number of Topliss-reactive ketones (excluding diaryl/α,β-unsaturated/α-hetero) is 1. The molecule has 0 aromatic carbocycles. The van der Waals surface area contributed by atoms with Crippen LogP contribution in [0.2, 0.25) is 0 Å². The van der Waals surface area contributed by atoms with Gasteiger partial charge in [-0.3, -0.25) is 4.79 Å². The van der Waals surface area contributed by atoms with Gasteiger partial charge in [0.05, 0.1) is 6.10 Å². The molecule has 0 saturated heterocycles. The van der Waals surface area contributed by atoms with Crippen molar-refractivity contribution in [2.75, 3.05) is 0 Å². The van der Waals surface area contributed by atoms with Crippen LogP contribution in [-0.2, 0) is 4.79 Å². The molecule has 114 valence electrons. The van der Waals surface area contributed by atoms with E-state index in [1.54, 1.807) is 0 Å². The Balaban J connectivity index is 1.82. The second kappa shape index (κ2) is 5.57. The highest BCUT2D eigenvalue weighted by atomic mass is 16.3. The summed E-state index contributed by atoms with van der Waals surface area (Å²) in [6, 6.07) is 0. The highest BCUT2D eigenvalue weighted by molar-refractivity contribution is 5.87. The van der Waals surface area contributed by atoms with Crippen LogP contribution in [0.3, 0.4) is 0 Å². The third-order valence-corrected chi connectivity index (χ3v) is 5.86. The average Bonchev–Trinajstić information content (AvgIpc) is 2.76. The van der Waals surface area contributed by atoms with Crippen LogP contribution in [0.25, 0.3) is 0 Å². The Bertz CT molecular complexity index is 526. The first-order chi connectivity index (χ1) is 10.0. The summed E-state index contributed by atoms with van der Waals surface area (Å²) in [5, 5.41) is 9.81. The van der Waals surface area contributed by atoms with Gasteiger partial charge in [0.1, 0.15) is 5.78 Å². The molecule has 1 unspecified atom stereocenters. The lowest BCUT2D eigenvalue weighted by molar-refractivity contribution is -0.126. The minimum atomic E-state index is -0.218. The maximum atomic E-state index is 12.2. The van der Waals surface area contributed by atoms with E-state index in [1.807, 2.05) is 0 Å². The van der Waals surface area contributed by atoms with Gasteiger partial charge in [-0.15, -0.1) is 0 Å². The van der Waals surface area contributed by atoms with E-state index in [2.05, 4.69) is 25.7 Å². The number of rotatable bonds is 1. The van der Waals surface area contributed by atoms with Crippen molar-refractivity contribution >= 4 is 5.78 Å². The Morgan fingerprint density at radius 1 is 1.24 bits per heavy atom. The van der Waals surface area contributed by atoms with E-state index in [9.17, 15) is 9.90 Å². The van der Waals surface area contributed by atoms with Crippen LogP contribution in [0.5, 0.6) is 0 Å². The summed E-state index contributed by atoms with van der Waals surface area (Å²) < 4.78 is 0. The van der Waals surface area contributed by atoms with Crippen molar-refractivity contribution in [3.63, 3.8) is 0 Å². The summed E-state index contributed by atoms with van der Waals surface area (Å²) in [5.74, 6) is 0.903. The van der Waals surface area contributed by atoms with E-state index in [1.165, 1.54) is 16.7 Å². The SMILES string of the molecule is C=C1CC[C@@H](O)C/C1=C\C=C1/CCC[C@]2(C)C(=O)CCC12. The van der Waals surface area contributed by atoms with Gasteiger partial charge in [0, 0.05) is 11.8 Å². The molecule has 3 saturated carbocycles. The molecule has 21 heavy (non-hydrogen) atoms. The molecule has 0 spiro atoms. The third-order valence-electron chi connectivity index (χ3n) is 5.86. The van der Waals surface area contributed by atoms with Crippen molar-refractivity contribution in [1.82, 2.24) is 0 Å². The van der Waals surface area contributed by atoms with E-state index >= 15 is 0 Å². The van der Waals surface area contributed by atoms with Gasteiger partial charge in [-0.05, 0) is 56.4 Å². The van der Waals surface area contributed by atoms with E-state index in [-0.39, 0.29) is 11.5 Å². The molecule has 2 heteroatoms. The maximum Gasteiger partial charge on any atom is 0.139 e. The molecular formula is C19H26O2. The van der Waals surface area contributed by atoms with Gasteiger partial charge in [0.25, 0.3) is 0 Å². The Morgan fingerprint density at radius 3 is 2.86 bits per heavy atom. The van der Waals surface area contributed by atoms with Crippen LogP contribution in [-0.4, -0.2) is 17.0 Å². The number of ketones is 1. The van der Waals surface area contributed by atoms with Crippen molar-refractivity contribution in [2.24, 2.45) is 11.3 Å². The minimum Gasteiger partial charge on any atom is -0.393 e. The van der Waals surface area contributed by atoms with Gasteiger partial charge in [-0.25, -0.2) is 0 Å². The number of carbonyl (C=O) groups is 1. The third kappa shape index (κ3) is 2.66. The fourth-order valence-corrected chi connectivity index (χ4v) is 4.41. The van der Waals surface area contributed by atoms with Crippen LogP contribution >= 0.6 is 0 Å². The zero-order valence-electron chi connectivity index (χ0n) is 13.0. The molecule has 0 aliphatic heterocycles. The molecule has 3 rings (SSSR count). The van der Waals surface area contributed by atoms with E-state index in [4.69, 9.17) is 0 Å². The second-order valence-corrected chi connectivity index (χ2v) is 7.22.